The van der Waals surface area contributed by atoms with Crippen molar-refractivity contribution in [2.24, 2.45) is 5.92 Å². The number of nitrogens with one attached hydrogen (secondary N) is 2. The van der Waals surface area contributed by atoms with Crippen LogP contribution in [0.3, 0.4) is 0 Å². The molecule has 1 saturated carbocycles. The molecule has 1 aromatic carbocycles. The van der Waals surface area contributed by atoms with Crippen LogP contribution in [-0.2, 0) is 20.2 Å². The van der Waals surface area contributed by atoms with Crippen molar-refractivity contribution in [1.82, 2.24) is 5.32 Å². The van der Waals surface area contributed by atoms with E-state index in [1.54, 1.807) is 0 Å². The smallest absolute Gasteiger partial charge is 0.234 e. The molecule has 29 heavy (non-hydrogen) atoms. The van der Waals surface area contributed by atoms with Gasteiger partial charge < -0.3 is 10.1 Å². The number of benzene rings is 1. The maximum absolute atomic E-state index is 12.3. The first-order chi connectivity index (χ1) is 13.8. The molecule has 0 aromatic heterocycles. The van der Waals surface area contributed by atoms with Gasteiger partial charge in [0.15, 0.2) is 0 Å². The number of ether oxygens (including phenoxy) is 1. The molecule has 5 nitrogen and oxygen atoms in total. The van der Waals surface area contributed by atoms with Crippen molar-refractivity contribution in [2.45, 2.75) is 76.2 Å². The Balaban J connectivity index is 1.82. The first-order valence-electron chi connectivity index (χ1n) is 11.2. The van der Waals surface area contributed by atoms with Gasteiger partial charge in [0.25, 0.3) is 0 Å². The highest BCUT2D eigenvalue weighted by Gasteiger charge is 2.50. The summed E-state index contributed by atoms with van der Waals surface area (Å²) in [6, 6.07) is 8.12. The lowest BCUT2D eigenvalue weighted by Crippen LogP contribution is -2.61. The molecule has 1 aliphatic carbocycles. The zero-order chi connectivity index (χ0) is 21.0. The lowest BCUT2D eigenvalue weighted by atomic mass is 9.56. The third-order valence-electron chi connectivity index (χ3n) is 7.25. The Morgan fingerprint density at radius 3 is 2.86 bits per heavy atom. The largest absolute Gasteiger partial charge is 0.384 e. The summed E-state index contributed by atoms with van der Waals surface area (Å²) in [6.45, 7) is 5.93. The van der Waals surface area contributed by atoms with Gasteiger partial charge in [0, 0.05) is 18.3 Å². The molecular formula is C23H38N2O3S. The van der Waals surface area contributed by atoms with Crippen molar-refractivity contribution >= 4 is 15.7 Å². The van der Waals surface area contributed by atoms with E-state index < -0.39 is 10.0 Å². The van der Waals surface area contributed by atoms with Crippen LogP contribution in [0, 0.1) is 5.92 Å². The van der Waals surface area contributed by atoms with Gasteiger partial charge in [-0.15, -0.1) is 0 Å². The first-order valence-corrected chi connectivity index (χ1v) is 12.8. The molecule has 164 valence electrons. The van der Waals surface area contributed by atoms with Gasteiger partial charge in [0.2, 0.25) is 10.0 Å². The molecule has 2 aliphatic rings. The summed E-state index contributed by atoms with van der Waals surface area (Å²) < 4.78 is 32.3. The van der Waals surface area contributed by atoms with E-state index >= 15 is 0 Å². The molecule has 3 rings (SSSR count). The summed E-state index contributed by atoms with van der Waals surface area (Å²) in [4.78, 5) is 0. The fourth-order valence-electron chi connectivity index (χ4n) is 5.55. The maximum Gasteiger partial charge on any atom is 0.234 e. The summed E-state index contributed by atoms with van der Waals surface area (Å²) in [5.41, 5.74) is 2.33. The summed E-state index contributed by atoms with van der Waals surface area (Å²) >= 11 is 0. The first kappa shape index (κ1) is 22.6. The summed E-state index contributed by atoms with van der Waals surface area (Å²) in [6.07, 6.45) is 9.76. The number of piperidine rings is 1. The van der Waals surface area contributed by atoms with Crippen LogP contribution >= 0.6 is 0 Å². The predicted octanol–water partition coefficient (Wildman–Crippen LogP) is 4.44. The lowest BCUT2D eigenvalue weighted by molar-refractivity contribution is 0.0523. The van der Waals surface area contributed by atoms with Crippen LogP contribution in [0.1, 0.15) is 70.8 Å². The Labute approximate surface area is 177 Å². The zero-order valence-corrected chi connectivity index (χ0v) is 19.1. The monoisotopic (exact) mass is 422 g/mol. The lowest BCUT2D eigenvalue weighted by Gasteiger charge is -2.56. The molecule has 2 bridgehead atoms. The van der Waals surface area contributed by atoms with E-state index in [9.17, 15) is 8.42 Å². The second-order valence-corrected chi connectivity index (χ2v) is 11.0. The van der Waals surface area contributed by atoms with Gasteiger partial charge in [-0.2, -0.15) is 0 Å². The van der Waals surface area contributed by atoms with Crippen LogP contribution in [-0.4, -0.2) is 40.0 Å². The van der Waals surface area contributed by atoms with Crippen LogP contribution in [0.2, 0.25) is 0 Å². The molecule has 1 aromatic rings. The Kier molecular flexibility index (Phi) is 7.28. The van der Waals surface area contributed by atoms with Gasteiger partial charge >= 0.3 is 0 Å². The summed E-state index contributed by atoms with van der Waals surface area (Å²) in [5.74, 6) is 0.638. The number of hydrogen-bond donors (Lipinski definition) is 2. The Bertz CT molecular complexity index is 768. The third-order valence-corrected chi connectivity index (χ3v) is 8.50. The molecule has 3 unspecified atom stereocenters. The number of anilines is 1. The molecule has 2 N–H and O–H groups in total. The van der Waals surface area contributed by atoms with Crippen molar-refractivity contribution in [3.8, 4) is 0 Å². The molecule has 1 heterocycles. The minimum atomic E-state index is -3.39. The highest BCUT2D eigenvalue weighted by Crippen LogP contribution is 2.52. The van der Waals surface area contributed by atoms with E-state index in [1.807, 2.05) is 12.1 Å². The number of unbranched alkanes of at least 4 members (excludes halogenated alkanes) is 1. The van der Waals surface area contributed by atoms with Crippen LogP contribution in [0.15, 0.2) is 24.3 Å². The van der Waals surface area contributed by atoms with Crippen LogP contribution < -0.4 is 10.0 Å². The van der Waals surface area contributed by atoms with Gasteiger partial charge in [-0.05, 0) is 67.7 Å². The molecule has 3 atom stereocenters. The summed E-state index contributed by atoms with van der Waals surface area (Å²) in [5, 5.41) is 3.92. The number of rotatable bonds is 10. The zero-order valence-electron chi connectivity index (χ0n) is 18.3. The second kappa shape index (κ2) is 9.36. The number of methoxy groups -OCH3 is 1. The average molecular weight is 423 g/mol. The second-order valence-electron chi connectivity index (χ2n) is 9.18. The number of sulfonamides is 1. The van der Waals surface area contributed by atoms with E-state index in [0.717, 1.165) is 19.4 Å². The summed E-state index contributed by atoms with van der Waals surface area (Å²) in [7, 11) is -1.87. The number of fused-ring (bicyclic) bond motifs is 2. The number of hydrogen-bond acceptors (Lipinski definition) is 4. The van der Waals surface area contributed by atoms with Crippen molar-refractivity contribution in [1.29, 1.82) is 0 Å². The maximum atomic E-state index is 12.3. The Hall–Kier alpha value is -1.11. The van der Waals surface area contributed by atoms with E-state index in [-0.39, 0.29) is 23.3 Å². The topological polar surface area (TPSA) is 67.4 Å². The minimum absolute atomic E-state index is 0.0269. The molecule has 2 fully saturated rings. The quantitative estimate of drug-likeness (QED) is 0.585. The predicted molar refractivity (Wildman–Crippen MR) is 120 cm³/mol. The molecule has 0 spiro atoms. The van der Waals surface area contributed by atoms with Crippen molar-refractivity contribution < 1.29 is 13.2 Å². The standard InChI is InChI=1S/C23H38N2O3S/c1-4-5-8-19(2)23-12-7-11-22(18-23,13-14-24-23)20-9-6-10-21(17-20)25-29(26,27)16-15-28-3/h6,9-10,17,19,24-25H,4-5,7-8,11-16,18H2,1-3H3. The fraction of sp³-hybridized carbons (Fsp3) is 0.739. The third kappa shape index (κ3) is 5.15. The highest BCUT2D eigenvalue weighted by molar-refractivity contribution is 7.92. The molecule has 0 amide bonds. The SMILES string of the molecule is CCCCC(C)C12CCCC(c3cccc(NS(=O)(=O)CCOC)c3)(CCN1)C2. The Morgan fingerprint density at radius 1 is 1.28 bits per heavy atom. The molecule has 0 radical (unpaired) electrons. The molecule has 1 saturated heterocycles. The van der Waals surface area contributed by atoms with Gasteiger partial charge in [0.1, 0.15) is 0 Å². The van der Waals surface area contributed by atoms with Crippen molar-refractivity contribution in [2.75, 3.05) is 30.7 Å². The van der Waals surface area contributed by atoms with Crippen LogP contribution in [0.25, 0.3) is 0 Å². The van der Waals surface area contributed by atoms with E-state index in [2.05, 4.69) is 36.0 Å². The van der Waals surface area contributed by atoms with Crippen LogP contribution in [0.4, 0.5) is 5.69 Å². The van der Waals surface area contributed by atoms with Gasteiger partial charge in [-0.3, -0.25) is 4.72 Å². The fourth-order valence-corrected chi connectivity index (χ4v) is 6.52. The minimum Gasteiger partial charge on any atom is -0.384 e. The van der Waals surface area contributed by atoms with Crippen molar-refractivity contribution in [3.05, 3.63) is 29.8 Å². The molecule has 1 aliphatic heterocycles. The van der Waals surface area contributed by atoms with Gasteiger partial charge in [-0.1, -0.05) is 45.2 Å². The van der Waals surface area contributed by atoms with Gasteiger partial charge in [-0.25, -0.2) is 8.42 Å². The van der Waals surface area contributed by atoms with Crippen molar-refractivity contribution in [3.63, 3.8) is 0 Å². The van der Waals surface area contributed by atoms with E-state index in [1.165, 1.54) is 51.2 Å². The molecular weight excluding hydrogens is 384 g/mol. The Morgan fingerprint density at radius 2 is 2.10 bits per heavy atom. The molecule has 6 heteroatoms. The van der Waals surface area contributed by atoms with Crippen LogP contribution in [0.5, 0.6) is 0 Å². The van der Waals surface area contributed by atoms with E-state index in [0.29, 0.717) is 11.6 Å². The average Bonchev–Trinajstić information content (AvgIpc) is 2.70. The highest BCUT2D eigenvalue weighted by atomic mass is 32.2. The normalized spacial score (nSPS) is 28.1. The van der Waals surface area contributed by atoms with E-state index in [4.69, 9.17) is 4.74 Å². The van der Waals surface area contributed by atoms with Gasteiger partial charge in [0.05, 0.1) is 12.4 Å².